The van der Waals surface area contributed by atoms with Gasteiger partial charge in [0.2, 0.25) is 0 Å². The Hall–Kier alpha value is -4.44. The molecule has 0 amide bonds. The maximum absolute atomic E-state index is 14.0. The Labute approximate surface area is 214 Å². The summed E-state index contributed by atoms with van der Waals surface area (Å²) in [6, 6.07) is 18.3. The number of aromatic nitrogens is 2. The molecule has 4 aromatic rings. The molecule has 0 radical (unpaired) electrons. The van der Waals surface area contributed by atoms with Gasteiger partial charge in [0.15, 0.2) is 0 Å². The van der Waals surface area contributed by atoms with E-state index in [0.717, 1.165) is 46.4 Å². The van der Waals surface area contributed by atoms with E-state index in [-0.39, 0.29) is 12.4 Å². The monoisotopic (exact) mass is 495 g/mol. The molecule has 0 saturated carbocycles. The van der Waals surface area contributed by atoms with E-state index >= 15 is 0 Å². The maximum Gasteiger partial charge on any atom is 0.340 e. The third kappa shape index (κ3) is 4.36. The fourth-order valence-corrected chi connectivity index (χ4v) is 4.93. The number of allylic oxidation sites excluding steroid dienone is 1. The average Bonchev–Trinajstić information content (AvgIpc) is 3.16. The number of ether oxygens (including phenoxy) is 2. The Bertz CT molecular complexity index is 1610. The molecular weight excluding hydrogens is 469 g/mol. The van der Waals surface area contributed by atoms with Crippen LogP contribution in [0.4, 0.5) is 4.39 Å². The molecule has 2 heterocycles. The van der Waals surface area contributed by atoms with Gasteiger partial charge in [0.1, 0.15) is 29.5 Å². The standard InChI is InChI=1S/C30H26FN3O3/c1-4-6-27-33-29-24(30(35)36-3)7-5-8-25(29)34(27)16-19-9-11-22-20(13-19)17-37-26-14-21(31)10-12-23(26)28(22)18(2)15-32/h5,7-14H,4,6,16-17H2,1-3H3/b28-18+. The van der Waals surface area contributed by atoms with Crippen LogP contribution < -0.4 is 4.74 Å². The maximum atomic E-state index is 14.0. The summed E-state index contributed by atoms with van der Waals surface area (Å²) in [5.74, 6) is 0.511. The minimum Gasteiger partial charge on any atom is -0.488 e. The third-order valence-corrected chi connectivity index (χ3v) is 6.66. The number of methoxy groups -OCH3 is 1. The summed E-state index contributed by atoms with van der Waals surface area (Å²) in [6.07, 6.45) is 1.67. The van der Waals surface area contributed by atoms with E-state index in [2.05, 4.69) is 23.6 Å². The molecule has 0 aliphatic carbocycles. The van der Waals surface area contributed by atoms with E-state index in [1.54, 1.807) is 19.1 Å². The van der Waals surface area contributed by atoms with E-state index in [0.29, 0.717) is 34.5 Å². The molecule has 1 aliphatic rings. The summed E-state index contributed by atoms with van der Waals surface area (Å²) < 4.78 is 27.1. The molecule has 1 aliphatic heterocycles. The Morgan fingerprint density at radius 1 is 1.19 bits per heavy atom. The highest BCUT2D eigenvalue weighted by Crippen LogP contribution is 2.39. The molecule has 0 fully saturated rings. The lowest BCUT2D eigenvalue weighted by atomic mass is 9.90. The SMILES string of the molecule is CCCc1nc2c(C(=O)OC)cccc2n1Cc1ccc2c(c1)COc1cc(F)ccc1/C2=C(\C)C#N. The molecule has 0 spiro atoms. The van der Waals surface area contributed by atoms with Crippen LogP contribution in [0.5, 0.6) is 5.75 Å². The van der Waals surface area contributed by atoms with Gasteiger partial charge in [0.25, 0.3) is 0 Å². The summed E-state index contributed by atoms with van der Waals surface area (Å²) in [5, 5.41) is 9.71. The van der Waals surface area contributed by atoms with Gasteiger partial charge in [-0.15, -0.1) is 0 Å². The lowest BCUT2D eigenvalue weighted by Gasteiger charge is -2.14. The fraction of sp³-hybridized carbons (Fsp3) is 0.233. The molecule has 186 valence electrons. The Morgan fingerprint density at radius 3 is 2.76 bits per heavy atom. The number of aryl methyl sites for hydroxylation is 1. The fourth-order valence-electron chi connectivity index (χ4n) is 4.93. The van der Waals surface area contributed by atoms with Crippen molar-refractivity contribution in [3.63, 3.8) is 0 Å². The topological polar surface area (TPSA) is 77.1 Å². The number of nitriles is 1. The highest BCUT2D eigenvalue weighted by atomic mass is 19.1. The zero-order valence-corrected chi connectivity index (χ0v) is 21.0. The van der Waals surface area contributed by atoms with Crippen molar-refractivity contribution < 1.29 is 18.7 Å². The van der Waals surface area contributed by atoms with Crippen LogP contribution in [0.2, 0.25) is 0 Å². The van der Waals surface area contributed by atoms with Crippen molar-refractivity contribution in [2.45, 2.75) is 39.8 Å². The zero-order chi connectivity index (χ0) is 26.1. The number of carbonyl (C=O) groups is 1. The molecule has 0 N–H and O–H groups in total. The first-order chi connectivity index (χ1) is 17.9. The van der Waals surface area contributed by atoms with E-state index < -0.39 is 5.97 Å². The molecule has 1 aromatic heterocycles. The molecular formula is C30H26FN3O3. The molecule has 0 bridgehead atoms. The molecule has 6 nitrogen and oxygen atoms in total. The van der Waals surface area contributed by atoms with Crippen LogP contribution in [0.3, 0.4) is 0 Å². The highest BCUT2D eigenvalue weighted by Gasteiger charge is 2.23. The molecule has 0 saturated heterocycles. The lowest BCUT2D eigenvalue weighted by Crippen LogP contribution is -2.07. The van der Waals surface area contributed by atoms with E-state index in [4.69, 9.17) is 14.5 Å². The summed E-state index contributed by atoms with van der Waals surface area (Å²) in [6.45, 7) is 4.65. The number of hydrogen-bond acceptors (Lipinski definition) is 5. The van der Waals surface area contributed by atoms with Gasteiger partial charge in [-0.2, -0.15) is 5.26 Å². The van der Waals surface area contributed by atoms with Gasteiger partial charge in [-0.05, 0) is 60.4 Å². The van der Waals surface area contributed by atoms with Crippen LogP contribution in [-0.4, -0.2) is 22.6 Å². The number of nitrogens with zero attached hydrogens (tertiary/aromatic N) is 3. The van der Waals surface area contributed by atoms with Gasteiger partial charge in [-0.25, -0.2) is 14.2 Å². The quantitative estimate of drug-likeness (QED) is 0.243. The molecule has 0 unspecified atom stereocenters. The van der Waals surface area contributed by atoms with E-state index in [9.17, 15) is 14.4 Å². The van der Waals surface area contributed by atoms with Crippen LogP contribution in [0.1, 0.15) is 58.7 Å². The smallest absolute Gasteiger partial charge is 0.340 e. The van der Waals surface area contributed by atoms with Crippen LogP contribution >= 0.6 is 0 Å². The van der Waals surface area contributed by atoms with Crippen molar-refractivity contribution in [1.29, 1.82) is 5.26 Å². The number of fused-ring (bicyclic) bond motifs is 3. The third-order valence-electron chi connectivity index (χ3n) is 6.66. The van der Waals surface area contributed by atoms with Crippen molar-refractivity contribution in [2.24, 2.45) is 0 Å². The number of hydrogen-bond donors (Lipinski definition) is 0. The second-order valence-corrected chi connectivity index (χ2v) is 9.06. The van der Waals surface area contributed by atoms with Gasteiger partial charge in [0.05, 0.1) is 24.3 Å². The number of benzene rings is 3. The number of rotatable bonds is 5. The molecule has 5 rings (SSSR count). The summed E-state index contributed by atoms with van der Waals surface area (Å²) in [4.78, 5) is 17.2. The van der Waals surface area contributed by atoms with Gasteiger partial charge < -0.3 is 14.0 Å². The molecule has 0 atom stereocenters. The van der Waals surface area contributed by atoms with Crippen molar-refractivity contribution in [3.05, 3.63) is 99.6 Å². The summed E-state index contributed by atoms with van der Waals surface area (Å²) in [5.41, 5.74) is 6.75. The summed E-state index contributed by atoms with van der Waals surface area (Å²) in [7, 11) is 1.37. The minimum atomic E-state index is -0.413. The van der Waals surface area contributed by atoms with E-state index in [1.807, 2.05) is 24.3 Å². The minimum absolute atomic E-state index is 0.251. The van der Waals surface area contributed by atoms with Crippen molar-refractivity contribution in [2.75, 3.05) is 7.11 Å². The highest BCUT2D eigenvalue weighted by molar-refractivity contribution is 6.02. The zero-order valence-electron chi connectivity index (χ0n) is 21.0. The van der Waals surface area contributed by atoms with Gasteiger partial charge in [0, 0.05) is 35.7 Å². The first-order valence-electron chi connectivity index (χ1n) is 12.2. The second kappa shape index (κ2) is 9.90. The predicted molar refractivity (Wildman–Crippen MR) is 139 cm³/mol. The Balaban J connectivity index is 1.60. The number of carbonyl (C=O) groups excluding carboxylic acids is 1. The van der Waals surface area contributed by atoms with Crippen LogP contribution in [0.15, 0.2) is 60.2 Å². The van der Waals surface area contributed by atoms with Crippen molar-refractivity contribution in [1.82, 2.24) is 9.55 Å². The number of para-hydroxylation sites is 1. The Morgan fingerprint density at radius 2 is 2.00 bits per heavy atom. The summed E-state index contributed by atoms with van der Waals surface area (Å²) >= 11 is 0. The molecule has 37 heavy (non-hydrogen) atoms. The average molecular weight is 496 g/mol. The van der Waals surface area contributed by atoms with Gasteiger partial charge in [-0.1, -0.05) is 25.1 Å². The van der Waals surface area contributed by atoms with Crippen molar-refractivity contribution in [3.8, 4) is 11.8 Å². The second-order valence-electron chi connectivity index (χ2n) is 9.06. The van der Waals surface area contributed by atoms with Crippen LogP contribution in [-0.2, 0) is 24.3 Å². The first-order valence-corrected chi connectivity index (χ1v) is 12.2. The number of halogens is 1. The van der Waals surface area contributed by atoms with Crippen LogP contribution in [0, 0.1) is 17.1 Å². The predicted octanol–water partition coefficient (Wildman–Crippen LogP) is 6.20. The number of imidazole rings is 1. The van der Waals surface area contributed by atoms with Gasteiger partial charge >= 0.3 is 5.97 Å². The van der Waals surface area contributed by atoms with E-state index in [1.165, 1.54) is 19.2 Å². The van der Waals surface area contributed by atoms with Gasteiger partial charge in [-0.3, -0.25) is 0 Å². The van der Waals surface area contributed by atoms with Crippen molar-refractivity contribution >= 4 is 22.6 Å². The Kier molecular flexibility index (Phi) is 6.49. The first kappa shape index (κ1) is 24.3. The lowest BCUT2D eigenvalue weighted by molar-refractivity contribution is 0.0603. The molecule has 7 heteroatoms. The largest absolute Gasteiger partial charge is 0.488 e. The molecule has 3 aromatic carbocycles. The van der Waals surface area contributed by atoms with Crippen LogP contribution in [0.25, 0.3) is 16.6 Å². The normalized spacial score (nSPS) is 13.7. The number of esters is 1.